The normalized spacial score (nSPS) is 16.7. The second kappa shape index (κ2) is 8.32. The van der Waals surface area contributed by atoms with Crippen LogP contribution in [0.2, 0.25) is 0 Å². The molecule has 1 saturated heterocycles. The molecule has 0 spiro atoms. The van der Waals surface area contributed by atoms with Gasteiger partial charge >= 0.3 is 6.03 Å². The number of morpholine rings is 1. The number of fused-ring (bicyclic) bond motifs is 1. The lowest BCUT2D eigenvalue weighted by molar-refractivity contribution is 0.122. The molecule has 4 heterocycles. The molecule has 8 nitrogen and oxygen atoms in total. The Labute approximate surface area is 171 Å². The van der Waals surface area contributed by atoms with Crippen molar-refractivity contribution in [3.05, 3.63) is 41.1 Å². The molecule has 0 unspecified atom stereocenters. The van der Waals surface area contributed by atoms with Crippen molar-refractivity contribution in [1.82, 2.24) is 19.9 Å². The third-order valence-electron chi connectivity index (χ3n) is 5.42. The number of pyridine rings is 1. The van der Waals surface area contributed by atoms with E-state index in [0.717, 1.165) is 67.0 Å². The average Bonchev–Trinajstić information content (AvgIpc) is 2.74. The third-order valence-corrected chi connectivity index (χ3v) is 5.42. The van der Waals surface area contributed by atoms with Gasteiger partial charge in [0.15, 0.2) is 0 Å². The van der Waals surface area contributed by atoms with Crippen LogP contribution in [0.4, 0.5) is 16.3 Å². The van der Waals surface area contributed by atoms with Crippen LogP contribution in [-0.2, 0) is 17.7 Å². The summed E-state index contributed by atoms with van der Waals surface area (Å²) >= 11 is 0. The molecule has 0 saturated carbocycles. The Hall–Kier alpha value is -2.74. The molecule has 1 N–H and O–H groups in total. The number of hydrogen-bond acceptors (Lipinski definition) is 6. The van der Waals surface area contributed by atoms with E-state index < -0.39 is 0 Å². The van der Waals surface area contributed by atoms with Crippen molar-refractivity contribution >= 4 is 17.5 Å². The average molecular weight is 396 g/mol. The SMILES string of the molecule is Cc1nc(N2CCOCC2)ccc1NC(=O)N1CCc2cnc(C(C)C)nc2C1. The molecule has 2 aliphatic heterocycles. The number of carbonyl (C=O) groups excluding carboxylic acids is 1. The molecule has 154 valence electrons. The Morgan fingerprint density at radius 1 is 1.17 bits per heavy atom. The second-order valence-electron chi connectivity index (χ2n) is 7.86. The summed E-state index contributed by atoms with van der Waals surface area (Å²) in [5.41, 5.74) is 3.63. The number of anilines is 2. The Morgan fingerprint density at radius 3 is 2.69 bits per heavy atom. The first-order valence-electron chi connectivity index (χ1n) is 10.2. The summed E-state index contributed by atoms with van der Waals surface area (Å²) in [4.78, 5) is 30.6. The van der Waals surface area contributed by atoms with Gasteiger partial charge in [-0.1, -0.05) is 13.8 Å². The summed E-state index contributed by atoms with van der Waals surface area (Å²) < 4.78 is 5.40. The number of amides is 2. The Balaban J connectivity index is 1.43. The zero-order valence-electron chi connectivity index (χ0n) is 17.3. The number of urea groups is 1. The summed E-state index contributed by atoms with van der Waals surface area (Å²) in [5.74, 6) is 2.02. The monoisotopic (exact) mass is 396 g/mol. The lowest BCUT2D eigenvalue weighted by atomic mass is 10.1. The van der Waals surface area contributed by atoms with Crippen LogP contribution in [0.5, 0.6) is 0 Å². The number of hydrogen-bond donors (Lipinski definition) is 1. The third kappa shape index (κ3) is 4.32. The van der Waals surface area contributed by atoms with Crippen LogP contribution in [0, 0.1) is 6.92 Å². The number of aryl methyl sites for hydroxylation is 1. The molecule has 2 aromatic heterocycles. The number of aromatic nitrogens is 3. The van der Waals surface area contributed by atoms with Gasteiger partial charge in [0.1, 0.15) is 11.6 Å². The van der Waals surface area contributed by atoms with E-state index in [-0.39, 0.29) is 11.9 Å². The van der Waals surface area contributed by atoms with Gasteiger partial charge in [0.25, 0.3) is 0 Å². The standard InChI is InChI=1S/C21H28N6O2/c1-14(2)20-22-12-16-6-7-27(13-18(16)24-20)21(28)25-17-4-5-19(23-15(17)3)26-8-10-29-11-9-26/h4-5,12,14H,6-11,13H2,1-3H3,(H,25,28). The van der Waals surface area contributed by atoms with Crippen LogP contribution in [0.25, 0.3) is 0 Å². The summed E-state index contributed by atoms with van der Waals surface area (Å²) in [6.07, 6.45) is 2.68. The van der Waals surface area contributed by atoms with Gasteiger partial charge in [0.2, 0.25) is 0 Å². The van der Waals surface area contributed by atoms with Crippen molar-refractivity contribution in [3.63, 3.8) is 0 Å². The van der Waals surface area contributed by atoms with Crippen LogP contribution in [-0.4, -0.2) is 58.7 Å². The van der Waals surface area contributed by atoms with Gasteiger partial charge < -0.3 is 19.9 Å². The van der Waals surface area contributed by atoms with Crippen LogP contribution < -0.4 is 10.2 Å². The number of ether oxygens (including phenoxy) is 1. The maximum absolute atomic E-state index is 12.9. The van der Waals surface area contributed by atoms with E-state index in [1.165, 1.54) is 0 Å². The molecule has 0 atom stereocenters. The molecule has 1 fully saturated rings. The molecule has 0 bridgehead atoms. The van der Waals surface area contributed by atoms with Gasteiger partial charge in [0, 0.05) is 31.7 Å². The zero-order chi connectivity index (χ0) is 20.4. The maximum Gasteiger partial charge on any atom is 0.322 e. The fraction of sp³-hybridized carbons (Fsp3) is 0.524. The molecular formula is C21H28N6O2. The molecule has 29 heavy (non-hydrogen) atoms. The van der Waals surface area contributed by atoms with Crippen molar-refractivity contribution in [2.45, 2.75) is 39.7 Å². The molecule has 0 aliphatic carbocycles. The zero-order valence-corrected chi connectivity index (χ0v) is 17.3. The van der Waals surface area contributed by atoms with Crippen molar-refractivity contribution in [2.75, 3.05) is 43.1 Å². The molecule has 2 amide bonds. The highest BCUT2D eigenvalue weighted by atomic mass is 16.5. The molecular weight excluding hydrogens is 368 g/mol. The molecule has 0 radical (unpaired) electrons. The van der Waals surface area contributed by atoms with Gasteiger partial charge in [-0.25, -0.2) is 19.7 Å². The minimum atomic E-state index is -0.121. The van der Waals surface area contributed by atoms with E-state index in [0.29, 0.717) is 13.1 Å². The predicted octanol–water partition coefficient (Wildman–Crippen LogP) is 2.73. The number of nitrogens with zero attached hydrogens (tertiary/aromatic N) is 5. The smallest absolute Gasteiger partial charge is 0.322 e. The van der Waals surface area contributed by atoms with E-state index in [2.05, 4.69) is 39.0 Å². The highest BCUT2D eigenvalue weighted by molar-refractivity contribution is 5.90. The van der Waals surface area contributed by atoms with Gasteiger partial charge in [-0.3, -0.25) is 0 Å². The largest absolute Gasteiger partial charge is 0.378 e. The van der Waals surface area contributed by atoms with E-state index in [9.17, 15) is 4.79 Å². The van der Waals surface area contributed by atoms with Crippen molar-refractivity contribution in [1.29, 1.82) is 0 Å². The molecule has 2 aliphatic rings. The fourth-order valence-corrected chi connectivity index (χ4v) is 3.61. The fourth-order valence-electron chi connectivity index (χ4n) is 3.61. The maximum atomic E-state index is 12.9. The van der Waals surface area contributed by atoms with Crippen LogP contribution in [0.15, 0.2) is 18.3 Å². The van der Waals surface area contributed by atoms with Crippen molar-refractivity contribution in [3.8, 4) is 0 Å². The van der Waals surface area contributed by atoms with Crippen molar-refractivity contribution in [2.24, 2.45) is 0 Å². The first-order chi connectivity index (χ1) is 14.0. The number of nitrogens with one attached hydrogen (secondary N) is 1. The highest BCUT2D eigenvalue weighted by Crippen LogP contribution is 2.22. The van der Waals surface area contributed by atoms with Gasteiger partial charge in [-0.05, 0) is 31.0 Å². The predicted molar refractivity (Wildman–Crippen MR) is 111 cm³/mol. The summed E-state index contributed by atoms with van der Waals surface area (Å²) in [5, 5.41) is 3.02. The van der Waals surface area contributed by atoms with Gasteiger partial charge in [-0.15, -0.1) is 0 Å². The topological polar surface area (TPSA) is 83.5 Å². The second-order valence-corrected chi connectivity index (χ2v) is 7.86. The highest BCUT2D eigenvalue weighted by Gasteiger charge is 2.23. The molecule has 2 aromatic rings. The van der Waals surface area contributed by atoms with Crippen LogP contribution >= 0.6 is 0 Å². The van der Waals surface area contributed by atoms with Crippen molar-refractivity contribution < 1.29 is 9.53 Å². The van der Waals surface area contributed by atoms with E-state index in [1.807, 2.05) is 25.3 Å². The minimum absolute atomic E-state index is 0.121. The molecule has 0 aromatic carbocycles. The summed E-state index contributed by atoms with van der Waals surface area (Å²) in [6, 6.07) is 3.77. The first-order valence-corrected chi connectivity index (χ1v) is 10.2. The quantitative estimate of drug-likeness (QED) is 0.859. The first kappa shape index (κ1) is 19.6. The van der Waals surface area contributed by atoms with Gasteiger partial charge in [0.05, 0.1) is 36.8 Å². The lowest BCUT2D eigenvalue weighted by Gasteiger charge is -2.29. The van der Waals surface area contributed by atoms with Crippen LogP contribution in [0.3, 0.4) is 0 Å². The Kier molecular flexibility index (Phi) is 5.62. The lowest BCUT2D eigenvalue weighted by Crippen LogP contribution is -2.39. The minimum Gasteiger partial charge on any atom is -0.378 e. The Morgan fingerprint density at radius 2 is 1.97 bits per heavy atom. The van der Waals surface area contributed by atoms with E-state index in [4.69, 9.17) is 4.74 Å². The van der Waals surface area contributed by atoms with Crippen LogP contribution in [0.1, 0.15) is 42.5 Å². The summed E-state index contributed by atoms with van der Waals surface area (Å²) in [6.45, 7) is 10.3. The number of carbonyl (C=O) groups is 1. The number of rotatable bonds is 3. The molecule has 4 rings (SSSR count). The van der Waals surface area contributed by atoms with E-state index in [1.54, 1.807) is 4.90 Å². The molecule has 8 heteroatoms. The van der Waals surface area contributed by atoms with E-state index >= 15 is 0 Å². The Bertz CT molecular complexity index is 895. The van der Waals surface area contributed by atoms with Gasteiger partial charge in [-0.2, -0.15) is 0 Å². The summed E-state index contributed by atoms with van der Waals surface area (Å²) in [7, 11) is 0.